The average Bonchev–Trinajstić information content (AvgIpc) is 3.38. The van der Waals surface area contributed by atoms with E-state index in [-0.39, 0.29) is 6.04 Å². The summed E-state index contributed by atoms with van der Waals surface area (Å²) in [7, 11) is -0.733. The molecule has 0 amide bonds. The third-order valence-corrected chi connectivity index (χ3v) is 7.88. The molecular formula is C25H34N8O3S. The number of rotatable bonds is 7. The first-order valence-electron chi connectivity index (χ1n) is 12.8. The predicted octanol–water partition coefficient (Wildman–Crippen LogP) is 3.39. The number of aromatic nitrogens is 4. The molecule has 0 radical (unpaired) electrons. The van der Waals surface area contributed by atoms with Crippen molar-refractivity contribution in [2.45, 2.75) is 58.0 Å². The van der Waals surface area contributed by atoms with E-state index in [1.54, 1.807) is 13.4 Å². The fourth-order valence-corrected chi connectivity index (χ4v) is 5.70. The molecule has 2 aliphatic rings. The number of methoxy groups -OCH3 is 1. The second kappa shape index (κ2) is 10.9. The Morgan fingerprint density at radius 2 is 1.95 bits per heavy atom. The summed E-state index contributed by atoms with van der Waals surface area (Å²) in [6.07, 6.45) is 7.57. The maximum absolute atomic E-state index is 12.0. The fourth-order valence-electron chi connectivity index (χ4n) is 5.05. The molecule has 1 saturated carbocycles. The van der Waals surface area contributed by atoms with Gasteiger partial charge in [0.2, 0.25) is 16.2 Å². The lowest BCUT2D eigenvalue weighted by atomic mass is 9.95. The number of imidazole rings is 1. The lowest BCUT2D eigenvalue weighted by molar-refractivity contribution is 0.250. The Kier molecular flexibility index (Phi) is 7.47. The average molecular weight is 527 g/mol. The molecule has 1 aromatic carbocycles. The van der Waals surface area contributed by atoms with Crippen molar-refractivity contribution < 1.29 is 13.2 Å². The van der Waals surface area contributed by atoms with Gasteiger partial charge in [-0.3, -0.25) is 4.90 Å². The summed E-state index contributed by atoms with van der Waals surface area (Å²) >= 11 is 0. The van der Waals surface area contributed by atoms with E-state index in [1.165, 1.54) is 19.3 Å². The number of aromatic amines is 1. The van der Waals surface area contributed by atoms with Gasteiger partial charge in [0.15, 0.2) is 16.5 Å². The molecule has 0 spiro atoms. The Balaban J connectivity index is 1.41. The van der Waals surface area contributed by atoms with Gasteiger partial charge in [0.1, 0.15) is 11.3 Å². The van der Waals surface area contributed by atoms with E-state index in [4.69, 9.17) is 9.72 Å². The number of nitrogens with one attached hydrogen (secondary N) is 3. The van der Waals surface area contributed by atoms with Crippen LogP contribution in [0.3, 0.4) is 0 Å². The van der Waals surface area contributed by atoms with E-state index in [1.807, 2.05) is 23.1 Å². The smallest absolute Gasteiger partial charge is 0.235 e. The zero-order valence-electron chi connectivity index (χ0n) is 21.5. The van der Waals surface area contributed by atoms with Crippen LogP contribution in [-0.4, -0.2) is 77.1 Å². The first-order chi connectivity index (χ1) is 17.9. The summed E-state index contributed by atoms with van der Waals surface area (Å²) in [6, 6.07) is 6.24. The van der Waals surface area contributed by atoms with Gasteiger partial charge in [0.05, 0.1) is 25.7 Å². The van der Waals surface area contributed by atoms with Gasteiger partial charge in [0, 0.05) is 36.9 Å². The van der Waals surface area contributed by atoms with Gasteiger partial charge >= 0.3 is 0 Å². The van der Waals surface area contributed by atoms with Crippen molar-refractivity contribution in [3.05, 3.63) is 24.5 Å². The third kappa shape index (κ3) is 5.49. The number of piperazine rings is 1. The van der Waals surface area contributed by atoms with Crippen molar-refractivity contribution in [3.63, 3.8) is 0 Å². The van der Waals surface area contributed by atoms with E-state index >= 15 is 0 Å². The highest BCUT2D eigenvalue weighted by atomic mass is 32.2. The third-order valence-electron chi connectivity index (χ3n) is 7.14. The molecule has 37 heavy (non-hydrogen) atoms. The van der Waals surface area contributed by atoms with Crippen molar-refractivity contribution in [1.82, 2.24) is 24.8 Å². The minimum atomic E-state index is -2.32. The van der Waals surface area contributed by atoms with E-state index in [0.29, 0.717) is 58.5 Å². The van der Waals surface area contributed by atoms with Crippen LogP contribution >= 0.6 is 0 Å². The van der Waals surface area contributed by atoms with Crippen LogP contribution in [0.1, 0.15) is 46.0 Å². The lowest BCUT2D eigenvalue weighted by Crippen LogP contribution is -2.53. The molecule has 2 fully saturated rings. The Hall–Kier alpha value is -3.38. The standard InChI is InChI=1S/C25H34N8O3S/c1-16(2)32-11-12-33(21(14-32)37(34)35)18-9-10-19(20(13-18)36-3)29-25-30-23-22(26-15-27-23)24(31-25)28-17-7-5-4-6-8-17/h9-10,13,15-17H,4-8,11-12,14H2,1-3H3,(H3,26,27,28,29,30,31). The van der Waals surface area contributed by atoms with Crippen LogP contribution in [0.15, 0.2) is 24.5 Å². The SMILES string of the molecule is COc1cc(N2CCN(C(C)C)CC2=S(=O)=O)ccc1Nc1nc(NC2CCCCC2)c2nc[nH]c2n1. The maximum atomic E-state index is 12.0. The van der Waals surface area contributed by atoms with Crippen LogP contribution in [0.2, 0.25) is 0 Å². The fraction of sp³-hybridized carbons (Fsp3) is 0.520. The monoisotopic (exact) mass is 526 g/mol. The van der Waals surface area contributed by atoms with Gasteiger partial charge in [0.25, 0.3) is 0 Å². The first kappa shape index (κ1) is 25.3. The van der Waals surface area contributed by atoms with Gasteiger partial charge in [-0.05, 0) is 38.8 Å². The highest BCUT2D eigenvalue weighted by molar-refractivity contribution is 7.73. The molecule has 12 heteroatoms. The molecule has 0 bridgehead atoms. The summed E-state index contributed by atoms with van der Waals surface area (Å²) in [5, 5.41) is 6.85. The highest BCUT2D eigenvalue weighted by Gasteiger charge is 2.27. The van der Waals surface area contributed by atoms with Gasteiger partial charge in [-0.1, -0.05) is 19.3 Å². The van der Waals surface area contributed by atoms with E-state index in [9.17, 15) is 8.42 Å². The summed E-state index contributed by atoms with van der Waals surface area (Å²) in [6.45, 7) is 5.88. The van der Waals surface area contributed by atoms with Crippen LogP contribution in [0.5, 0.6) is 5.75 Å². The Morgan fingerprint density at radius 1 is 1.14 bits per heavy atom. The molecule has 0 atom stereocenters. The predicted molar refractivity (Wildman–Crippen MR) is 146 cm³/mol. The van der Waals surface area contributed by atoms with Crippen molar-refractivity contribution in [2.24, 2.45) is 0 Å². The second-order valence-electron chi connectivity index (χ2n) is 9.83. The minimum Gasteiger partial charge on any atom is -0.494 e. The number of ether oxygens (including phenoxy) is 1. The summed E-state index contributed by atoms with van der Waals surface area (Å²) in [5.41, 5.74) is 2.80. The summed E-state index contributed by atoms with van der Waals surface area (Å²) in [5.74, 6) is 1.69. The molecule has 3 aromatic rings. The largest absolute Gasteiger partial charge is 0.494 e. The normalized spacial score (nSPS) is 17.4. The van der Waals surface area contributed by atoms with Gasteiger partial charge in [-0.25, -0.2) is 4.98 Å². The van der Waals surface area contributed by atoms with Crippen LogP contribution in [0, 0.1) is 0 Å². The molecule has 3 N–H and O–H groups in total. The van der Waals surface area contributed by atoms with Crippen LogP contribution in [0.25, 0.3) is 11.2 Å². The minimum absolute atomic E-state index is 0.270. The molecule has 11 nitrogen and oxygen atoms in total. The molecule has 198 valence electrons. The number of nitrogens with zero attached hydrogens (tertiary/aromatic N) is 5. The second-order valence-corrected chi connectivity index (χ2v) is 10.8. The Bertz CT molecular complexity index is 1390. The molecule has 0 unspecified atom stereocenters. The quantitative estimate of drug-likeness (QED) is 0.394. The summed E-state index contributed by atoms with van der Waals surface area (Å²) < 4.78 is 29.8. The Morgan fingerprint density at radius 3 is 2.68 bits per heavy atom. The van der Waals surface area contributed by atoms with Gasteiger partial charge < -0.3 is 25.3 Å². The zero-order valence-corrected chi connectivity index (χ0v) is 22.3. The number of H-pyrrole nitrogens is 1. The first-order valence-corrected chi connectivity index (χ1v) is 13.9. The van der Waals surface area contributed by atoms with Crippen molar-refractivity contribution >= 4 is 49.6 Å². The number of benzene rings is 1. The zero-order chi connectivity index (χ0) is 25.9. The van der Waals surface area contributed by atoms with Crippen LogP contribution in [0.4, 0.5) is 23.1 Å². The van der Waals surface area contributed by atoms with Crippen LogP contribution in [-0.2, 0) is 10.3 Å². The number of fused-ring (bicyclic) bond motifs is 1. The van der Waals surface area contributed by atoms with Crippen molar-refractivity contribution in [3.8, 4) is 5.75 Å². The lowest BCUT2D eigenvalue weighted by Gasteiger charge is -2.38. The molecular weight excluding hydrogens is 492 g/mol. The highest BCUT2D eigenvalue weighted by Crippen LogP contribution is 2.33. The molecule has 1 saturated heterocycles. The number of hydrogen-bond acceptors (Lipinski definition) is 9. The van der Waals surface area contributed by atoms with Crippen molar-refractivity contribution in [1.29, 1.82) is 0 Å². The molecule has 5 rings (SSSR count). The topological polar surface area (TPSA) is 128 Å². The molecule has 1 aliphatic carbocycles. The maximum Gasteiger partial charge on any atom is 0.235 e. The summed E-state index contributed by atoms with van der Waals surface area (Å²) in [4.78, 5) is 21.2. The van der Waals surface area contributed by atoms with Gasteiger partial charge in [-0.15, -0.1) is 0 Å². The molecule has 1 aliphatic heterocycles. The van der Waals surface area contributed by atoms with Crippen LogP contribution < -0.4 is 20.3 Å². The molecule has 2 aromatic heterocycles. The Labute approximate surface area is 218 Å². The van der Waals surface area contributed by atoms with E-state index in [0.717, 1.165) is 25.1 Å². The number of anilines is 4. The number of hydrogen-bond donors (Lipinski definition) is 3. The molecule has 3 heterocycles. The van der Waals surface area contributed by atoms with E-state index in [2.05, 4.69) is 44.3 Å². The van der Waals surface area contributed by atoms with Crippen molar-refractivity contribution in [2.75, 3.05) is 42.3 Å². The van der Waals surface area contributed by atoms with Gasteiger partial charge in [-0.2, -0.15) is 18.4 Å². The van der Waals surface area contributed by atoms with E-state index < -0.39 is 10.3 Å².